The summed E-state index contributed by atoms with van der Waals surface area (Å²) in [7, 11) is 0. The lowest BCUT2D eigenvalue weighted by atomic mass is 10.1. The molecule has 1 aliphatic heterocycles. The first-order valence-electron chi connectivity index (χ1n) is 9.09. The van der Waals surface area contributed by atoms with Gasteiger partial charge in [-0.15, -0.1) is 0 Å². The summed E-state index contributed by atoms with van der Waals surface area (Å²) in [6, 6.07) is 15.0. The Morgan fingerprint density at radius 3 is 2.75 bits per heavy atom. The van der Waals surface area contributed by atoms with Gasteiger partial charge in [-0.25, -0.2) is 0 Å². The summed E-state index contributed by atoms with van der Waals surface area (Å²) in [6.45, 7) is 4.00. The summed E-state index contributed by atoms with van der Waals surface area (Å²) >= 11 is 0. The van der Waals surface area contributed by atoms with Gasteiger partial charge in [-0.2, -0.15) is 4.98 Å². The van der Waals surface area contributed by atoms with Gasteiger partial charge in [0.25, 0.3) is 0 Å². The van der Waals surface area contributed by atoms with Crippen LogP contribution in [-0.2, 0) is 9.59 Å². The molecule has 2 amide bonds. The largest absolute Gasteiger partial charge is 0.339 e. The minimum atomic E-state index is -0.400. The molecule has 1 unspecified atom stereocenters. The average molecular weight is 376 g/mol. The molecule has 4 rings (SSSR count). The molecule has 1 fully saturated rings. The number of carbonyl (C=O) groups is 2. The number of rotatable bonds is 4. The fourth-order valence-corrected chi connectivity index (χ4v) is 3.31. The Morgan fingerprint density at radius 2 is 2.00 bits per heavy atom. The molecule has 0 aliphatic carbocycles. The molecule has 3 aromatic rings. The minimum absolute atomic E-state index is 0.0774. The topological polar surface area (TPSA) is 88.3 Å². The van der Waals surface area contributed by atoms with Crippen LogP contribution in [0.4, 0.5) is 11.4 Å². The lowest BCUT2D eigenvalue weighted by Gasteiger charge is -2.17. The molecular weight excluding hydrogens is 356 g/mol. The molecule has 0 radical (unpaired) electrons. The number of nitrogens with one attached hydrogen (secondary N) is 1. The van der Waals surface area contributed by atoms with Gasteiger partial charge in [0.1, 0.15) is 0 Å². The number of amides is 2. The highest BCUT2D eigenvalue weighted by Gasteiger charge is 2.35. The number of para-hydroxylation sites is 1. The van der Waals surface area contributed by atoms with Gasteiger partial charge < -0.3 is 14.7 Å². The SMILES string of the molecule is Cc1nc(-c2cccc(N3CC(C(=O)Nc4ccccc4C)CC3=O)c2)no1. The first-order chi connectivity index (χ1) is 13.5. The van der Waals surface area contributed by atoms with Crippen LogP contribution >= 0.6 is 0 Å². The fraction of sp³-hybridized carbons (Fsp3) is 0.238. The number of carbonyl (C=O) groups excluding carboxylic acids is 2. The number of benzene rings is 2. The summed E-state index contributed by atoms with van der Waals surface area (Å²) in [5, 5.41) is 6.85. The normalized spacial score (nSPS) is 16.4. The molecule has 1 aliphatic rings. The van der Waals surface area contributed by atoms with Crippen molar-refractivity contribution < 1.29 is 14.1 Å². The van der Waals surface area contributed by atoms with E-state index in [4.69, 9.17) is 4.52 Å². The zero-order valence-electron chi connectivity index (χ0n) is 15.7. The third-order valence-corrected chi connectivity index (χ3v) is 4.84. The van der Waals surface area contributed by atoms with Gasteiger partial charge in [-0.3, -0.25) is 9.59 Å². The van der Waals surface area contributed by atoms with Gasteiger partial charge in [0.15, 0.2) is 0 Å². The number of nitrogens with zero attached hydrogens (tertiary/aromatic N) is 3. The van der Waals surface area contributed by atoms with Crippen molar-refractivity contribution in [1.29, 1.82) is 0 Å². The summed E-state index contributed by atoms with van der Waals surface area (Å²) in [5.74, 6) is 0.329. The summed E-state index contributed by atoms with van der Waals surface area (Å²) < 4.78 is 5.03. The first kappa shape index (κ1) is 17.9. The van der Waals surface area contributed by atoms with E-state index >= 15 is 0 Å². The van der Waals surface area contributed by atoms with E-state index in [9.17, 15) is 9.59 Å². The van der Waals surface area contributed by atoms with E-state index in [1.807, 2.05) is 55.5 Å². The van der Waals surface area contributed by atoms with Crippen molar-refractivity contribution in [3.63, 3.8) is 0 Å². The molecule has 0 spiro atoms. The molecular formula is C21H20N4O3. The summed E-state index contributed by atoms with van der Waals surface area (Å²) in [4.78, 5) is 31.1. The number of aryl methyl sites for hydroxylation is 2. The number of anilines is 2. The second-order valence-corrected chi connectivity index (χ2v) is 6.90. The molecule has 0 saturated carbocycles. The van der Waals surface area contributed by atoms with E-state index in [-0.39, 0.29) is 18.2 Å². The monoisotopic (exact) mass is 376 g/mol. The molecule has 2 aromatic carbocycles. The third-order valence-electron chi connectivity index (χ3n) is 4.84. The highest BCUT2D eigenvalue weighted by Crippen LogP contribution is 2.29. The van der Waals surface area contributed by atoms with E-state index < -0.39 is 5.92 Å². The lowest BCUT2D eigenvalue weighted by molar-refractivity contribution is -0.122. The molecule has 1 N–H and O–H groups in total. The first-order valence-corrected chi connectivity index (χ1v) is 9.09. The molecule has 142 valence electrons. The van der Waals surface area contributed by atoms with E-state index in [0.29, 0.717) is 18.3 Å². The van der Waals surface area contributed by atoms with Gasteiger partial charge in [0.05, 0.1) is 5.92 Å². The van der Waals surface area contributed by atoms with Crippen LogP contribution in [0.1, 0.15) is 17.9 Å². The minimum Gasteiger partial charge on any atom is -0.339 e. The maximum atomic E-state index is 12.7. The Bertz CT molecular complexity index is 1040. The predicted molar refractivity (Wildman–Crippen MR) is 105 cm³/mol. The lowest BCUT2D eigenvalue weighted by Crippen LogP contribution is -2.28. The molecule has 1 saturated heterocycles. The van der Waals surface area contributed by atoms with Crippen LogP contribution in [0.15, 0.2) is 53.1 Å². The maximum absolute atomic E-state index is 12.7. The molecule has 7 nitrogen and oxygen atoms in total. The quantitative estimate of drug-likeness (QED) is 0.754. The molecule has 1 atom stereocenters. The van der Waals surface area contributed by atoms with Crippen LogP contribution in [0.2, 0.25) is 0 Å². The van der Waals surface area contributed by atoms with Crippen LogP contribution < -0.4 is 10.2 Å². The van der Waals surface area contributed by atoms with Gasteiger partial charge in [-0.05, 0) is 30.7 Å². The molecule has 0 bridgehead atoms. The van der Waals surface area contributed by atoms with Gasteiger partial charge in [0.2, 0.25) is 23.5 Å². The van der Waals surface area contributed by atoms with Crippen LogP contribution in [0.25, 0.3) is 11.4 Å². The van der Waals surface area contributed by atoms with Crippen LogP contribution in [0.3, 0.4) is 0 Å². The highest BCUT2D eigenvalue weighted by molar-refractivity contribution is 6.03. The molecule has 7 heteroatoms. The Hall–Kier alpha value is -3.48. The van der Waals surface area contributed by atoms with Gasteiger partial charge in [0, 0.05) is 36.8 Å². The van der Waals surface area contributed by atoms with E-state index in [0.717, 1.165) is 22.5 Å². The zero-order valence-corrected chi connectivity index (χ0v) is 15.7. The van der Waals surface area contributed by atoms with Crippen molar-refractivity contribution in [2.24, 2.45) is 5.92 Å². The second kappa shape index (κ2) is 7.26. The Kier molecular flexibility index (Phi) is 4.65. The van der Waals surface area contributed by atoms with Crippen molar-refractivity contribution in [2.75, 3.05) is 16.8 Å². The third kappa shape index (κ3) is 3.51. The Balaban J connectivity index is 1.51. The van der Waals surface area contributed by atoms with E-state index in [2.05, 4.69) is 15.5 Å². The second-order valence-electron chi connectivity index (χ2n) is 6.90. The van der Waals surface area contributed by atoms with Crippen molar-refractivity contribution in [3.05, 3.63) is 60.0 Å². The number of aromatic nitrogens is 2. The zero-order chi connectivity index (χ0) is 19.7. The van der Waals surface area contributed by atoms with Crippen molar-refractivity contribution in [1.82, 2.24) is 10.1 Å². The van der Waals surface area contributed by atoms with E-state index in [1.54, 1.807) is 11.8 Å². The molecule has 28 heavy (non-hydrogen) atoms. The summed E-state index contributed by atoms with van der Waals surface area (Å²) in [5.41, 5.74) is 3.24. The van der Waals surface area contributed by atoms with Crippen LogP contribution in [-0.4, -0.2) is 28.5 Å². The Morgan fingerprint density at radius 1 is 1.18 bits per heavy atom. The molecule has 1 aromatic heterocycles. The highest BCUT2D eigenvalue weighted by atomic mass is 16.5. The number of hydrogen-bond donors (Lipinski definition) is 1. The van der Waals surface area contributed by atoms with Crippen molar-refractivity contribution >= 4 is 23.2 Å². The smallest absolute Gasteiger partial charge is 0.229 e. The number of hydrogen-bond acceptors (Lipinski definition) is 5. The van der Waals surface area contributed by atoms with E-state index in [1.165, 1.54) is 0 Å². The molecule has 2 heterocycles. The van der Waals surface area contributed by atoms with Crippen molar-refractivity contribution in [2.45, 2.75) is 20.3 Å². The van der Waals surface area contributed by atoms with Gasteiger partial charge >= 0.3 is 0 Å². The van der Waals surface area contributed by atoms with Crippen LogP contribution in [0, 0.1) is 19.8 Å². The maximum Gasteiger partial charge on any atom is 0.229 e. The van der Waals surface area contributed by atoms with Crippen molar-refractivity contribution in [3.8, 4) is 11.4 Å². The summed E-state index contributed by atoms with van der Waals surface area (Å²) in [6.07, 6.45) is 0.184. The average Bonchev–Trinajstić information content (AvgIpc) is 3.30. The predicted octanol–water partition coefficient (Wildman–Crippen LogP) is 3.35. The Labute approximate surface area is 162 Å². The van der Waals surface area contributed by atoms with Crippen LogP contribution in [0.5, 0.6) is 0 Å². The van der Waals surface area contributed by atoms with Gasteiger partial charge in [-0.1, -0.05) is 35.5 Å². The standard InChI is InChI=1S/C21H20N4O3/c1-13-6-3-4-9-18(13)23-21(27)16-11-19(26)25(12-16)17-8-5-7-15(10-17)20-22-14(2)28-24-20/h3-10,16H,11-12H2,1-2H3,(H,23,27). The fourth-order valence-electron chi connectivity index (χ4n) is 3.31.